The summed E-state index contributed by atoms with van der Waals surface area (Å²) in [6.45, 7) is 11.1. The van der Waals surface area contributed by atoms with Crippen molar-refractivity contribution in [3.8, 4) is 0 Å². The Balaban J connectivity index is 1.24. The molecular weight excluding hydrogens is 414 g/mol. The zero-order valence-electron chi connectivity index (χ0n) is 18.4. The van der Waals surface area contributed by atoms with Gasteiger partial charge in [-0.25, -0.2) is 4.79 Å². The lowest BCUT2D eigenvalue weighted by Crippen LogP contribution is -2.34. The Kier molecular flexibility index (Phi) is 6.39. The molecule has 0 bridgehead atoms. The van der Waals surface area contributed by atoms with Crippen LogP contribution in [0.2, 0.25) is 5.02 Å². The molecular formula is C24H30ClN3O3. The third kappa shape index (κ3) is 4.80. The van der Waals surface area contributed by atoms with E-state index in [-0.39, 0.29) is 5.91 Å². The number of carbonyl (C=O) groups excluding carboxylic acids is 1. The van der Waals surface area contributed by atoms with Gasteiger partial charge in [0, 0.05) is 49.5 Å². The summed E-state index contributed by atoms with van der Waals surface area (Å²) in [4.78, 5) is 29.0. The van der Waals surface area contributed by atoms with Gasteiger partial charge in [0.25, 0.3) is 5.91 Å². The van der Waals surface area contributed by atoms with Crippen LogP contribution in [0, 0.1) is 32.6 Å². The molecule has 1 amide bonds. The molecule has 166 valence electrons. The SMILES string of the molecule is Cc1ccc(NCCCN2CC3CN(C(=O)c4c(C)cc(=O)oc4C)CC3C2)cc1Cl. The maximum absolute atomic E-state index is 13.0. The van der Waals surface area contributed by atoms with E-state index in [1.165, 1.54) is 6.07 Å². The average Bonchev–Trinajstić information content (AvgIpc) is 3.26. The fourth-order valence-electron chi connectivity index (χ4n) is 4.91. The Hall–Kier alpha value is -2.31. The molecule has 2 aliphatic rings. The quantitative estimate of drug-likeness (QED) is 0.689. The van der Waals surface area contributed by atoms with Gasteiger partial charge in [0.15, 0.2) is 0 Å². The second-order valence-corrected chi connectivity index (χ2v) is 9.32. The Bertz CT molecular complexity index is 995. The van der Waals surface area contributed by atoms with Crippen molar-refractivity contribution in [2.24, 2.45) is 11.8 Å². The number of hydrogen-bond acceptors (Lipinski definition) is 5. The van der Waals surface area contributed by atoms with Gasteiger partial charge in [-0.15, -0.1) is 0 Å². The van der Waals surface area contributed by atoms with E-state index in [4.69, 9.17) is 16.0 Å². The summed E-state index contributed by atoms with van der Waals surface area (Å²) in [6, 6.07) is 7.47. The molecule has 0 spiro atoms. The van der Waals surface area contributed by atoms with Crippen LogP contribution in [0.5, 0.6) is 0 Å². The number of aryl methyl sites for hydroxylation is 3. The van der Waals surface area contributed by atoms with Gasteiger partial charge in [0.05, 0.1) is 5.56 Å². The minimum atomic E-state index is -0.402. The van der Waals surface area contributed by atoms with E-state index in [0.29, 0.717) is 28.7 Å². The predicted molar refractivity (Wildman–Crippen MR) is 123 cm³/mol. The zero-order valence-corrected chi connectivity index (χ0v) is 19.2. The summed E-state index contributed by atoms with van der Waals surface area (Å²) in [5.41, 5.74) is 2.98. The summed E-state index contributed by atoms with van der Waals surface area (Å²) in [7, 11) is 0. The number of rotatable bonds is 6. The number of amides is 1. The van der Waals surface area contributed by atoms with Crippen LogP contribution in [0.4, 0.5) is 5.69 Å². The van der Waals surface area contributed by atoms with Gasteiger partial charge in [-0.1, -0.05) is 17.7 Å². The van der Waals surface area contributed by atoms with Crippen LogP contribution in [0.1, 0.15) is 33.7 Å². The van der Waals surface area contributed by atoms with Crippen molar-refractivity contribution in [3.05, 3.63) is 62.2 Å². The second-order valence-electron chi connectivity index (χ2n) is 8.91. The van der Waals surface area contributed by atoms with Crippen molar-refractivity contribution >= 4 is 23.2 Å². The molecule has 7 heteroatoms. The molecule has 2 unspecified atom stereocenters. The minimum absolute atomic E-state index is 0.0133. The third-order valence-corrected chi connectivity index (χ3v) is 6.96. The zero-order chi connectivity index (χ0) is 22.1. The lowest BCUT2D eigenvalue weighted by molar-refractivity contribution is 0.0769. The molecule has 4 rings (SSSR count). The van der Waals surface area contributed by atoms with Crippen molar-refractivity contribution in [3.63, 3.8) is 0 Å². The van der Waals surface area contributed by atoms with E-state index >= 15 is 0 Å². The number of likely N-dealkylation sites (tertiary alicyclic amines) is 2. The monoisotopic (exact) mass is 443 g/mol. The highest BCUT2D eigenvalue weighted by molar-refractivity contribution is 6.31. The number of carbonyl (C=O) groups is 1. The van der Waals surface area contributed by atoms with Crippen LogP contribution in [-0.2, 0) is 0 Å². The summed E-state index contributed by atoms with van der Waals surface area (Å²) < 4.78 is 5.16. The van der Waals surface area contributed by atoms with Gasteiger partial charge in [-0.05, 0) is 68.8 Å². The molecule has 1 aromatic heterocycles. The van der Waals surface area contributed by atoms with E-state index in [9.17, 15) is 9.59 Å². The number of nitrogens with zero attached hydrogens (tertiary/aromatic N) is 2. The number of nitrogens with one attached hydrogen (secondary N) is 1. The van der Waals surface area contributed by atoms with E-state index < -0.39 is 5.63 Å². The topological polar surface area (TPSA) is 65.8 Å². The number of fused-ring (bicyclic) bond motifs is 1. The van der Waals surface area contributed by atoms with E-state index in [2.05, 4.69) is 16.3 Å². The van der Waals surface area contributed by atoms with Crippen molar-refractivity contribution in [2.75, 3.05) is 44.6 Å². The molecule has 6 nitrogen and oxygen atoms in total. The van der Waals surface area contributed by atoms with Gasteiger partial charge >= 0.3 is 5.63 Å². The lowest BCUT2D eigenvalue weighted by atomic mass is 10.0. The maximum atomic E-state index is 13.0. The Labute approximate surface area is 188 Å². The van der Waals surface area contributed by atoms with E-state index in [1.54, 1.807) is 13.8 Å². The van der Waals surface area contributed by atoms with Crippen molar-refractivity contribution < 1.29 is 9.21 Å². The number of hydrogen-bond donors (Lipinski definition) is 1. The molecule has 3 heterocycles. The van der Waals surface area contributed by atoms with Crippen LogP contribution in [-0.4, -0.2) is 55.0 Å². The summed E-state index contributed by atoms with van der Waals surface area (Å²) >= 11 is 6.19. The van der Waals surface area contributed by atoms with Gasteiger partial charge in [-0.2, -0.15) is 0 Å². The van der Waals surface area contributed by atoms with Crippen molar-refractivity contribution in [2.45, 2.75) is 27.2 Å². The van der Waals surface area contributed by atoms with Gasteiger partial charge in [0.2, 0.25) is 0 Å². The largest absolute Gasteiger partial charge is 0.427 e. The lowest BCUT2D eigenvalue weighted by Gasteiger charge is -2.22. The van der Waals surface area contributed by atoms with Crippen LogP contribution < -0.4 is 10.9 Å². The van der Waals surface area contributed by atoms with Crippen LogP contribution in [0.3, 0.4) is 0 Å². The van der Waals surface area contributed by atoms with Gasteiger partial charge in [0.1, 0.15) is 5.76 Å². The molecule has 2 aromatic rings. The van der Waals surface area contributed by atoms with Crippen LogP contribution in [0.15, 0.2) is 33.5 Å². The summed E-state index contributed by atoms with van der Waals surface area (Å²) in [5.74, 6) is 1.44. The highest BCUT2D eigenvalue weighted by atomic mass is 35.5. The van der Waals surface area contributed by atoms with Crippen LogP contribution in [0.25, 0.3) is 0 Å². The average molecular weight is 444 g/mol. The molecule has 0 radical (unpaired) electrons. The van der Waals surface area contributed by atoms with Crippen molar-refractivity contribution in [1.82, 2.24) is 9.80 Å². The van der Waals surface area contributed by atoms with Gasteiger partial charge < -0.3 is 19.5 Å². The Morgan fingerprint density at radius 2 is 1.81 bits per heavy atom. The molecule has 2 atom stereocenters. The first-order valence-electron chi connectivity index (χ1n) is 10.9. The number of benzene rings is 1. The minimum Gasteiger partial charge on any atom is -0.427 e. The predicted octanol–water partition coefficient (Wildman–Crippen LogP) is 3.72. The van der Waals surface area contributed by atoms with E-state index in [1.807, 2.05) is 24.0 Å². The molecule has 0 aliphatic carbocycles. The Morgan fingerprint density at radius 1 is 1.10 bits per heavy atom. The Morgan fingerprint density at radius 3 is 2.45 bits per heavy atom. The standard InChI is InChI=1S/C24H30ClN3O3/c1-15-5-6-20(10-21(15)25)26-7-4-8-27-11-18-13-28(14-19(18)12-27)24(30)23-16(2)9-22(29)31-17(23)3/h5-6,9-10,18-19,26H,4,7-8,11-14H2,1-3H3. The van der Waals surface area contributed by atoms with Crippen molar-refractivity contribution in [1.29, 1.82) is 0 Å². The first-order valence-corrected chi connectivity index (χ1v) is 11.3. The normalized spacial score (nSPS) is 20.8. The first-order chi connectivity index (χ1) is 14.8. The molecule has 0 saturated carbocycles. The fourth-order valence-corrected chi connectivity index (χ4v) is 5.09. The molecule has 2 saturated heterocycles. The first kappa shape index (κ1) is 21.9. The summed E-state index contributed by atoms with van der Waals surface area (Å²) in [6.07, 6.45) is 1.06. The molecule has 31 heavy (non-hydrogen) atoms. The second kappa shape index (κ2) is 9.05. The highest BCUT2D eigenvalue weighted by Gasteiger charge is 2.42. The van der Waals surface area contributed by atoms with Crippen LogP contribution >= 0.6 is 11.6 Å². The molecule has 1 aromatic carbocycles. The molecule has 2 fully saturated rings. The maximum Gasteiger partial charge on any atom is 0.336 e. The fraction of sp³-hybridized carbons (Fsp3) is 0.500. The molecule has 2 aliphatic heterocycles. The highest BCUT2D eigenvalue weighted by Crippen LogP contribution is 2.32. The van der Waals surface area contributed by atoms with Gasteiger partial charge in [-0.3, -0.25) is 4.79 Å². The molecule has 1 N–H and O–H groups in total. The number of halogens is 1. The van der Waals surface area contributed by atoms with E-state index in [0.717, 1.165) is 62.0 Å². The summed E-state index contributed by atoms with van der Waals surface area (Å²) in [5, 5.41) is 4.24. The smallest absolute Gasteiger partial charge is 0.336 e. The number of anilines is 1. The third-order valence-electron chi connectivity index (χ3n) is 6.55.